The summed E-state index contributed by atoms with van der Waals surface area (Å²) in [5.74, 6) is -0.863. The second-order valence-corrected chi connectivity index (χ2v) is 13.1. The molecule has 52 heavy (non-hydrogen) atoms. The van der Waals surface area contributed by atoms with E-state index in [-0.39, 0.29) is 33.8 Å². The second kappa shape index (κ2) is 17.5. The first-order valence-corrected chi connectivity index (χ1v) is 17.5. The van der Waals surface area contributed by atoms with Crippen LogP contribution in [0.15, 0.2) is 114 Å². The lowest BCUT2D eigenvalue weighted by Crippen LogP contribution is -2.30. The third-order valence-electron chi connectivity index (χ3n) is 7.48. The van der Waals surface area contributed by atoms with E-state index >= 15 is 0 Å². The molecule has 0 bridgehead atoms. The summed E-state index contributed by atoms with van der Waals surface area (Å²) in [6.45, 7) is 1.67. The molecule has 0 saturated carbocycles. The van der Waals surface area contributed by atoms with Crippen molar-refractivity contribution in [2.24, 2.45) is 0 Å². The number of nitrogens with one attached hydrogen (secondary N) is 4. The molecule has 13 heteroatoms. The highest BCUT2D eigenvalue weighted by Gasteiger charge is 2.22. The highest BCUT2D eigenvalue weighted by atomic mass is 32.2. The first-order valence-electron chi connectivity index (χ1n) is 15.7. The zero-order valence-corrected chi connectivity index (χ0v) is 29.9. The summed E-state index contributed by atoms with van der Waals surface area (Å²) in [5.41, 5.74) is 2.55. The molecule has 0 fully saturated rings. The number of thioether (sulfide) groups is 1. The van der Waals surface area contributed by atoms with E-state index in [1.165, 1.54) is 32.1 Å². The quantitative estimate of drug-likeness (QED) is 0.0724. The molecule has 0 radical (unpaired) electrons. The van der Waals surface area contributed by atoms with Crippen LogP contribution in [-0.2, 0) is 9.59 Å². The van der Waals surface area contributed by atoms with Crippen LogP contribution in [0.3, 0.4) is 0 Å². The van der Waals surface area contributed by atoms with Crippen LogP contribution in [0.5, 0.6) is 11.5 Å². The van der Waals surface area contributed by atoms with Crippen molar-refractivity contribution in [2.45, 2.75) is 11.8 Å². The fourth-order valence-electron chi connectivity index (χ4n) is 4.89. The largest absolute Gasteiger partial charge is 0.497 e. The summed E-state index contributed by atoms with van der Waals surface area (Å²) in [6.07, 6.45) is 1.50. The summed E-state index contributed by atoms with van der Waals surface area (Å²) in [5, 5.41) is 21.2. The van der Waals surface area contributed by atoms with Gasteiger partial charge in [-0.25, -0.2) is 0 Å². The van der Waals surface area contributed by atoms with Gasteiger partial charge in [0.05, 0.1) is 30.4 Å². The van der Waals surface area contributed by atoms with Gasteiger partial charge in [-0.2, -0.15) is 5.26 Å². The number of amides is 4. The molecule has 5 rings (SSSR count). The van der Waals surface area contributed by atoms with Crippen LogP contribution in [0, 0.1) is 18.3 Å². The van der Waals surface area contributed by atoms with Gasteiger partial charge < -0.3 is 30.7 Å². The molecule has 1 heterocycles. The van der Waals surface area contributed by atoms with Crippen LogP contribution in [0.1, 0.15) is 36.7 Å². The number of benzene rings is 4. The summed E-state index contributed by atoms with van der Waals surface area (Å²) in [6, 6.07) is 31.5. The number of nitrogens with zero attached hydrogens (tertiary/aromatic N) is 1. The maximum atomic E-state index is 13.7. The van der Waals surface area contributed by atoms with Gasteiger partial charge in [0.2, 0.25) is 5.91 Å². The second-order valence-electron chi connectivity index (χ2n) is 11.0. The van der Waals surface area contributed by atoms with Crippen LogP contribution in [0.25, 0.3) is 6.08 Å². The van der Waals surface area contributed by atoms with Gasteiger partial charge in [-0.3, -0.25) is 19.2 Å². The Bertz CT molecular complexity index is 2180. The van der Waals surface area contributed by atoms with E-state index in [2.05, 4.69) is 27.3 Å². The van der Waals surface area contributed by atoms with Crippen molar-refractivity contribution in [2.75, 3.05) is 35.9 Å². The predicted molar refractivity (Wildman–Crippen MR) is 204 cm³/mol. The number of ether oxygens (including phenoxy) is 2. The Labute approximate surface area is 308 Å². The Balaban J connectivity index is 1.28. The molecule has 0 aliphatic rings. The summed E-state index contributed by atoms with van der Waals surface area (Å²) in [4.78, 5) is 53.7. The Morgan fingerprint density at radius 3 is 2.21 bits per heavy atom. The lowest BCUT2D eigenvalue weighted by Gasteiger charge is -2.13. The van der Waals surface area contributed by atoms with E-state index in [0.717, 1.165) is 11.3 Å². The van der Waals surface area contributed by atoms with Crippen molar-refractivity contribution in [3.8, 4) is 17.6 Å². The molecule has 4 N–H and O–H groups in total. The zero-order chi connectivity index (χ0) is 37.0. The molecule has 1 aromatic heterocycles. The van der Waals surface area contributed by atoms with Gasteiger partial charge in [-0.1, -0.05) is 42.5 Å². The molecule has 262 valence electrons. The van der Waals surface area contributed by atoms with Crippen LogP contribution in [-0.4, -0.2) is 43.6 Å². The van der Waals surface area contributed by atoms with Crippen molar-refractivity contribution in [3.63, 3.8) is 0 Å². The number of methoxy groups -OCH3 is 2. The van der Waals surface area contributed by atoms with E-state index < -0.39 is 11.8 Å². The van der Waals surface area contributed by atoms with Crippen LogP contribution in [0.2, 0.25) is 0 Å². The molecule has 0 atom stereocenters. The van der Waals surface area contributed by atoms with Gasteiger partial charge in [0.1, 0.15) is 28.3 Å². The predicted octanol–water partition coefficient (Wildman–Crippen LogP) is 7.34. The van der Waals surface area contributed by atoms with Crippen LogP contribution < -0.4 is 30.7 Å². The lowest BCUT2D eigenvalue weighted by atomic mass is 10.1. The van der Waals surface area contributed by atoms with E-state index in [9.17, 15) is 24.4 Å². The van der Waals surface area contributed by atoms with Crippen molar-refractivity contribution in [3.05, 3.63) is 136 Å². The molecule has 11 nitrogen and oxygen atoms in total. The van der Waals surface area contributed by atoms with E-state index in [1.807, 2.05) is 6.07 Å². The first-order chi connectivity index (χ1) is 25.2. The SMILES string of the molecule is COc1ccc(OC)c(/C=C(/NC(=O)c2ccccc2)C(=O)Nc2cccc(SCC(=O)Nc3sc(C(=O)Nc4ccccc4)c(C)c3C#N)c2)c1. The van der Waals surface area contributed by atoms with Gasteiger partial charge in [-0.15, -0.1) is 23.1 Å². The molecule has 0 spiro atoms. The summed E-state index contributed by atoms with van der Waals surface area (Å²) >= 11 is 2.25. The lowest BCUT2D eigenvalue weighted by molar-refractivity contribution is -0.114. The number of nitriles is 1. The molecular formula is C39H33N5O6S2. The van der Waals surface area contributed by atoms with Crippen molar-refractivity contribution >= 4 is 69.2 Å². The third kappa shape index (κ3) is 9.45. The standard InChI is InChI=1S/C39H33N5O6S2/c1-24-31(22-40)39(52-35(24)38(48)41-27-13-8-5-9-14-27)44-34(45)23-51-30-16-10-15-28(21-30)42-37(47)32(43-36(46)25-11-6-4-7-12-25)20-26-19-29(49-2)17-18-33(26)50-3/h4-21H,23H2,1-3H3,(H,41,48)(H,42,47)(H,43,46)(H,44,45)/b32-20+. The molecule has 4 amide bonds. The highest BCUT2D eigenvalue weighted by molar-refractivity contribution is 8.00. The smallest absolute Gasteiger partial charge is 0.272 e. The minimum Gasteiger partial charge on any atom is -0.497 e. The first kappa shape index (κ1) is 36.9. The number of thiophene rings is 1. The van der Waals surface area contributed by atoms with Crippen molar-refractivity contribution in [1.82, 2.24) is 5.32 Å². The monoisotopic (exact) mass is 731 g/mol. The molecule has 0 aliphatic heterocycles. The Hall–Kier alpha value is -6.36. The van der Waals surface area contributed by atoms with Gasteiger partial charge in [-0.05, 0) is 79.2 Å². The number of carbonyl (C=O) groups is 4. The topological polar surface area (TPSA) is 159 Å². The Kier molecular flexibility index (Phi) is 12.4. The van der Waals surface area contributed by atoms with Gasteiger partial charge in [0.15, 0.2) is 0 Å². The number of hydrogen-bond acceptors (Lipinski definition) is 9. The minimum absolute atomic E-state index is 0.0152. The number of hydrogen-bond donors (Lipinski definition) is 4. The van der Waals surface area contributed by atoms with E-state index in [4.69, 9.17) is 9.47 Å². The molecule has 4 aromatic carbocycles. The molecule has 0 unspecified atom stereocenters. The van der Waals surface area contributed by atoms with Gasteiger partial charge in [0.25, 0.3) is 17.7 Å². The summed E-state index contributed by atoms with van der Waals surface area (Å²) < 4.78 is 10.8. The maximum Gasteiger partial charge on any atom is 0.272 e. The van der Waals surface area contributed by atoms with Gasteiger partial charge in [0, 0.05) is 27.4 Å². The average Bonchev–Trinajstić information content (AvgIpc) is 3.48. The zero-order valence-electron chi connectivity index (χ0n) is 28.3. The Morgan fingerprint density at radius 1 is 0.808 bits per heavy atom. The maximum absolute atomic E-state index is 13.7. The molecule has 5 aromatic rings. The molecule has 0 aliphatic carbocycles. The third-order valence-corrected chi connectivity index (χ3v) is 9.68. The van der Waals surface area contributed by atoms with E-state index in [1.54, 1.807) is 104 Å². The van der Waals surface area contributed by atoms with Crippen LogP contribution in [0.4, 0.5) is 16.4 Å². The van der Waals surface area contributed by atoms with Crippen molar-refractivity contribution < 1.29 is 28.7 Å². The number of anilines is 3. The van der Waals surface area contributed by atoms with Crippen LogP contribution >= 0.6 is 23.1 Å². The minimum atomic E-state index is -0.599. The fourth-order valence-corrected chi connectivity index (χ4v) is 6.71. The number of carbonyl (C=O) groups excluding carboxylic acids is 4. The van der Waals surface area contributed by atoms with E-state index in [0.29, 0.717) is 49.3 Å². The fraction of sp³-hybridized carbons (Fsp3) is 0.103. The Morgan fingerprint density at radius 2 is 1.52 bits per heavy atom. The molecule has 0 saturated heterocycles. The number of rotatable bonds is 13. The normalized spacial score (nSPS) is 10.8. The number of para-hydroxylation sites is 1. The summed E-state index contributed by atoms with van der Waals surface area (Å²) in [7, 11) is 3.02. The van der Waals surface area contributed by atoms with Crippen molar-refractivity contribution in [1.29, 1.82) is 5.26 Å². The average molecular weight is 732 g/mol. The molecular weight excluding hydrogens is 699 g/mol. The highest BCUT2D eigenvalue weighted by Crippen LogP contribution is 2.34. The van der Waals surface area contributed by atoms with Gasteiger partial charge >= 0.3 is 0 Å².